The number of carbonyl (C=O) groups is 1. The molecule has 3 heterocycles. The lowest BCUT2D eigenvalue weighted by molar-refractivity contribution is 0.103. The van der Waals surface area contributed by atoms with Crippen molar-refractivity contribution in [3.63, 3.8) is 0 Å². The molecular formula is C45H19N3O2. The van der Waals surface area contributed by atoms with Crippen LogP contribution in [0.5, 0.6) is 0 Å². The zero-order valence-electron chi connectivity index (χ0n) is 26.9. The fourth-order valence-corrected chi connectivity index (χ4v) is 3.19. The van der Waals surface area contributed by atoms with Crippen molar-refractivity contribution < 1.29 is 4.79 Å². The number of benzene rings is 1. The topological polar surface area (TPSA) is 64.8 Å². The summed E-state index contributed by atoms with van der Waals surface area (Å²) >= 11 is 0. The highest BCUT2D eigenvalue weighted by molar-refractivity contribution is 6.13. The third-order valence-corrected chi connectivity index (χ3v) is 4.96. The highest BCUT2D eigenvalue weighted by Crippen LogP contribution is 2.26. The lowest BCUT2D eigenvalue weighted by atomic mass is 10.1. The molecule has 0 amide bonds. The Morgan fingerprint density at radius 1 is 0.600 bits per heavy atom. The molecule has 0 radical (unpaired) electrons. The number of hydrogen-bond acceptors (Lipinski definition) is 4. The van der Waals surface area contributed by atoms with Gasteiger partial charge in [0.05, 0.1) is 16.6 Å². The van der Waals surface area contributed by atoms with Crippen LogP contribution in [0.4, 0.5) is 0 Å². The quantitative estimate of drug-likeness (QED) is 0.279. The molecule has 0 bridgehead atoms. The van der Waals surface area contributed by atoms with Crippen molar-refractivity contribution in [3.8, 4) is 173 Å². The van der Waals surface area contributed by atoms with Gasteiger partial charge < -0.3 is 0 Å². The summed E-state index contributed by atoms with van der Waals surface area (Å²) in [6, 6.07) is 8.79. The van der Waals surface area contributed by atoms with E-state index in [1.807, 2.05) is 13.0 Å². The molecule has 0 aliphatic carbocycles. The van der Waals surface area contributed by atoms with Crippen LogP contribution in [0, 0.1) is 175 Å². The summed E-state index contributed by atoms with van der Waals surface area (Å²) in [4.78, 5) is 33.2. The predicted molar refractivity (Wildman–Crippen MR) is 198 cm³/mol. The Labute approximate surface area is 293 Å². The number of aromatic nitrogens is 3. The summed E-state index contributed by atoms with van der Waals surface area (Å²) in [6.45, 7) is 5.33. The first-order chi connectivity index (χ1) is 24.4. The number of nitrogens with zero attached hydrogens (tertiary/aromatic N) is 3. The number of hydrogen-bond donors (Lipinski definition) is 0. The third kappa shape index (κ3) is 13.8. The van der Waals surface area contributed by atoms with Crippen molar-refractivity contribution in [2.75, 3.05) is 0 Å². The van der Waals surface area contributed by atoms with Crippen LogP contribution in [0.2, 0.25) is 0 Å². The van der Waals surface area contributed by atoms with Crippen LogP contribution in [0.15, 0.2) is 41.3 Å². The van der Waals surface area contributed by atoms with Gasteiger partial charge in [0.2, 0.25) is 5.78 Å². The molecule has 3 aromatic rings. The standard InChI is InChI=1S/C15H9N3O2.C11H4.C10H2.C9H4/c1-8-4-5-11-10(7-8)12(19)14-17-13-9(3-2-6-16-13)15(20)18(11)14;1-3-5-7-9-11-10-8-6-4-2;1-3-5-7-9-10-8-6-4-2;1-3-5-7-9-8-6-4-2/h2-7H,1H3;1H,2H3;1-2H;1H,2H3. The maximum absolute atomic E-state index is 12.5. The molecule has 50 heavy (non-hydrogen) atoms. The second-order valence-corrected chi connectivity index (χ2v) is 8.13. The number of terminal acetylenes is 4. The van der Waals surface area contributed by atoms with Gasteiger partial charge in [0.25, 0.3) is 5.56 Å². The van der Waals surface area contributed by atoms with Gasteiger partial charge in [-0.25, -0.2) is 9.97 Å². The molecule has 1 aromatic carbocycles. The molecule has 1 aliphatic rings. The molecule has 1 aliphatic heterocycles. The van der Waals surface area contributed by atoms with Crippen LogP contribution >= 0.6 is 0 Å². The molecule has 5 heteroatoms. The number of fused-ring (bicyclic) bond motifs is 4. The number of rotatable bonds is 0. The summed E-state index contributed by atoms with van der Waals surface area (Å²) in [5, 5.41) is 0.414. The highest BCUT2D eigenvalue weighted by atomic mass is 16.1. The largest absolute Gasteiger partial charge is 0.285 e. The van der Waals surface area contributed by atoms with E-state index in [0.29, 0.717) is 22.3 Å². The number of ketones is 1. The van der Waals surface area contributed by atoms with Crippen LogP contribution in [0.1, 0.15) is 35.6 Å². The zero-order valence-corrected chi connectivity index (χ0v) is 26.9. The van der Waals surface area contributed by atoms with Gasteiger partial charge in [-0.3, -0.25) is 14.2 Å². The van der Waals surface area contributed by atoms with Gasteiger partial charge in [-0.2, -0.15) is 0 Å². The number of aryl methyl sites for hydroxylation is 1. The Morgan fingerprint density at radius 3 is 1.48 bits per heavy atom. The Morgan fingerprint density at radius 2 is 1.04 bits per heavy atom. The van der Waals surface area contributed by atoms with E-state index in [1.165, 1.54) is 4.57 Å². The van der Waals surface area contributed by atoms with E-state index in [2.05, 4.69) is 152 Å². The fourth-order valence-electron chi connectivity index (χ4n) is 3.19. The molecule has 226 valence electrons. The van der Waals surface area contributed by atoms with E-state index in [0.717, 1.165) is 5.56 Å². The zero-order chi connectivity index (χ0) is 36.8. The normalized spacial score (nSPS) is 7.14. The minimum Gasteiger partial charge on any atom is -0.285 e. The summed E-state index contributed by atoms with van der Waals surface area (Å²) in [5.74, 6) is 57.2. The molecule has 0 unspecified atom stereocenters. The van der Waals surface area contributed by atoms with Gasteiger partial charge in [-0.15, -0.1) is 25.7 Å². The SMILES string of the molecule is C#CC#CC#CC#CC.C#CC#CC#CC#CC#C.C#CC#CC#CC#CC#CC.Cc1ccc2c(c1)C(=O)c1nc3ncccc3c(=O)n1-2. The van der Waals surface area contributed by atoms with Crippen molar-refractivity contribution in [1.82, 2.24) is 14.5 Å². The summed E-state index contributed by atoms with van der Waals surface area (Å²) < 4.78 is 1.38. The Hall–Kier alpha value is -8.98. The minimum absolute atomic E-state index is 0.141. The van der Waals surface area contributed by atoms with Crippen molar-refractivity contribution in [1.29, 1.82) is 0 Å². The van der Waals surface area contributed by atoms with E-state index in [1.54, 1.807) is 44.3 Å². The summed E-state index contributed by atoms with van der Waals surface area (Å²) in [7, 11) is 0. The van der Waals surface area contributed by atoms with Gasteiger partial charge in [0, 0.05) is 6.20 Å². The predicted octanol–water partition coefficient (Wildman–Crippen LogP) is 3.20. The van der Waals surface area contributed by atoms with E-state index in [-0.39, 0.29) is 17.2 Å². The molecule has 0 N–H and O–H groups in total. The highest BCUT2D eigenvalue weighted by Gasteiger charge is 2.30. The molecule has 0 saturated carbocycles. The Bertz CT molecular complexity index is 2680. The van der Waals surface area contributed by atoms with Gasteiger partial charge >= 0.3 is 0 Å². The smallest absolute Gasteiger partial charge is 0.267 e. The van der Waals surface area contributed by atoms with Gasteiger partial charge in [0.15, 0.2) is 11.5 Å². The van der Waals surface area contributed by atoms with Crippen molar-refractivity contribution in [2.45, 2.75) is 20.8 Å². The molecule has 0 saturated heterocycles. The van der Waals surface area contributed by atoms with Gasteiger partial charge in [0.1, 0.15) is 0 Å². The molecule has 5 nitrogen and oxygen atoms in total. The molecule has 4 rings (SSSR count). The second kappa shape index (κ2) is 24.4. The molecule has 0 atom stereocenters. The van der Waals surface area contributed by atoms with Gasteiger partial charge in [-0.05, 0) is 175 Å². The molecule has 0 fully saturated rings. The third-order valence-electron chi connectivity index (χ3n) is 4.96. The van der Waals surface area contributed by atoms with E-state index in [9.17, 15) is 9.59 Å². The van der Waals surface area contributed by atoms with Crippen LogP contribution < -0.4 is 5.56 Å². The van der Waals surface area contributed by atoms with Crippen molar-refractivity contribution >= 4 is 16.8 Å². The number of carbonyl (C=O) groups excluding carboxylic acids is 1. The first kappa shape index (κ1) is 39.0. The maximum atomic E-state index is 12.5. The van der Waals surface area contributed by atoms with Gasteiger partial charge in [-0.1, -0.05) is 23.5 Å². The fraction of sp³-hybridized carbons (Fsp3) is 0.0667. The van der Waals surface area contributed by atoms with E-state index in [4.69, 9.17) is 25.7 Å². The maximum Gasteiger partial charge on any atom is 0.267 e. The van der Waals surface area contributed by atoms with Crippen molar-refractivity contribution in [2.24, 2.45) is 0 Å². The Balaban J connectivity index is 0.000000361. The first-order valence-corrected chi connectivity index (χ1v) is 13.6. The minimum atomic E-state index is -0.256. The van der Waals surface area contributed by atoms with Crippen LogP contribution in [0.25, 0.3) is 16.7 Å². The second-order valence-electron chi connectivity index (χ2n) is 8.13. The van der Waals surface area contributed by atoms with Crippen LogP contribution in [-0.2, 0) is 0 Å². The Kier molecular flexibility index (Phi) is 19.0. The lowest BCUT2D eigenvalue weighted by Crippen LogP contribution is -2.21. The first-order valence-electron chi connectivity index (χ1n) is 13.6. The molecular weight excluding hydrogens is 615 g/mol. The monoisotopic (exact) mass is 633 g/mol. The molecule has 0 spiro atoms. The summed E-state index contributed by atoms with van der Waals surface area (Å²) in [6.07, 6.45) is 20.8. The van der Waals surface area contributed by atoms with E-state index < -0.39 is 0 Å². The lowest BCUT2D eigenvalue weighted by Gasteiger charge is -2.04. The van der Waals surface area contributed by atoms with Crippen molar-refractivity contribution in [3.05, 3.63) is 63.8 Å². The number of pyridine rings is 1. The summed E-state index contributed by atoms with van der Waals surface area (Å²) in [5.41, 5.74) is 2.14. The van der Waals surface area contributed by atoms with E-state index >= 15 is 0 Å². The van der Waals surface area contributed by atoms with Crippen LogP contribution in [-0.4, -0.2) is 20.3 Å². The average molecular weight is 634 g/mol. The average Bonchev–Trinajstić information content (AvgIpc) is 3.40. The molecule has 2 aromatic heterocycles. The van der Waals surface area contributed by atoms with Crippen LogP contribution in [0.3, 0.4) is 0 Å².